The summed E-state index contributed by atoms with van der Waals surface area (Å²) in [4.78, 5) is 13.0. The van der Waals surface area contributed by atoms with Crippen molar-refractivity contribution >= 4 is 16.8 Å². The Balaban J connectivity index is 1.53. The quantitative estimate of drug-likeness (QED) is 0.411. The van der Waals surface area contributed by atoms with Crippen LogP contribution in [0.1, 0.15) is 34.3 Å². The van der Waals surface area contributed by atoms with Gasteiger partial charge in [-0.2, -0.15) is 0 Å². The van der Waals surface area contributed by atoms with Crippen molar-refractivity contribution in [1.29, 1.82) is 0 Å². The molecule has 0 spiro atoms. The van der Waals surface area contributed by atoms with Gasteiger partial charge in [-0.25, -0.2) is 0 Å². The summed E-state index contributed by atoms with van der Waals surface area (Å²) in [6.45, 7) is 1.29. The van der Waals surface area contributed by atoms with Gasteiger partial charge in [0.2, 0.25) is 6.29 Å². The third-order valence-electron chi connectivity index (χ3n) is 5.62. The summed E-state index contributed by atoms with van der Waals surface area (Å²) in [6.07, 6.45) is -2.18. The molecule has 170 valence electrons. The SMILES string of the molecule is Cc1cc(O)c(C(=O)CCc2ccc3occc3c2)c(OC2OC(CO)C(O)CC2O)c1. The van der Waals surface area contributed by atoms with E-state index in [4.69, 9.17) is 13.9 Å². The van der Waals surface area contributed by atoms with E-state index in [1.54, 1.807) is 19.3 Å². The van der Waals surface area contributed by atoms with Crippen molar-refractivity contribution in [3.05, 3.63) is 59.4 Å². The van der Waals surface area contributed by atoms with Crippen LogP contribution in [0.5, 0.6) is 11.5 Å². The van der Waals surface area contributed by atoms with E-state index in [1.165, 1.54) is 6.07 Å². The molecule has 4 atom stereocenters. The van der Waals surface area contributed by atoms with E-state index < -0.39 is 31.2 Å². The largest absolute Gasteiger partial charge is 0.507 e. The Morgan fingerprint density at radius 1 is 1.16 bits per heavy atom. The molecule has 0 bridgehead atoms. The van der Waals surface area contributed by atoms with Crippen LogP contribution in [0, 0.1) is 6.92 Å². The molecular weight excluding hydrogens is 416 g/mol. The fourth-order valence-corrected chi connectivity index (χ4v) is 3.92. The number of hydrogen-bond acceptors (Lipinski definition) is 8. The molecule has 4 unspecified atom stereocenters. The van der Waals surface area contributed by atoms with Crippen LogP contribution in [0.3, 0.4) is 0 Å². The molecule has 0 amide bonds. The van der Waals surface area contributed by atoms with Gasteiger partial charge in [0.05, 0.1) is 19.0 Å². The molecule has 1 saturated heterocycles. The number of carbonyl (C=O) groups excluding carboxylic acids is 1. The molecule has 8 nitrogen and oxygen atoms in total. The molecule has 2 aromatic carbocycles. The van der Waals surface area contributed by atoms with E-state index in [2.05, 4.69) is 0 Å². The number of rotatable bonds is 7. The molecule has 1 aromatic heterocycles. The van der Waals surface area contributed by atoms with Crippen molar-refractivity contribution < 1.29 is 39.1 Å². The number of furan rings is 1. The molecule has 32 heavy (non-hydrogen) atoms. The van der Waals surface area contributed by atoms with E-state index in [0.29, 0.717) is 12.0 Å². The van der Waals surface area contributed by atoms with Crippen molar-refractivity contribution in [2.24, 2.45) is 0 Å². The summed E-state index contributed by atoms with van der Waals surface area (Å²) in [7, 11) is 0. The molecule has 8 heteroatoms. The van der Waals surface area contributed by atoms with Crippen molar-refractivity contribution in [3.63, 3.8) is 0 Å². The fourth-order valence-electron chi connectivity index (χ4n) is 3.92. The fraction of sp³-hybridized carbons (Fsp3) is 0.375. The molecule has 0 saturated carbocycles. The van der Waals surface area contributed by atoms with Crippen LogP contribution >= 0.6 is 0 Å². The van der Waals surface area contributed by atoms with E-state index in [9.17, 15) is 25.2 Å². The Bertz CT molecular complexity index is 1100. The predicted molar refractivity (Wildman–Crippen MR) is 115 cm³/mol. The van der Waals surface area contributed by atoms with Gasteiger partial charge in [-0.15, -0.1) is 0 Å². The number of ether oxygens (including phenoxy) is 2. The summed E-state index contributed by atoms with van der Waals surface area (Å²) in [6, 6.07) is 10.6. The van der Waals surface area contributed by atoms with Crippen LogP contribution in [0.15, 0.2) is 47.1 Å². The van der Waals surface area contributed by atoms with Gasteiger partial charge in [0.15, 0.2) is 5.78 Å². The zero-order valence-electron chi connectivity index (χ0n) is 17.6. The van der Waals surface area contributed by atoms with Gasteiger partial charge in [-0.05, 0) is 54.8 Å². The average molecular weight is 442 g/mol. The third-order valence-corrected chi connectivity index (χ3v) is 5.62. The molecule has 4 rings (SSSR count). The highest BCUT2D eigenvalue weighted by Crippen LogP contribution is 2.34. The predicted octanol–water partition coefficient (Wildman–Crippen LogP) is 2.47. The molecule has 1 aliphatic heterocycles. The number of aryl methyl sites for hydroxylation is 2. The molecule has 2 heterocycles. The van der Waals surface area contributed by atoms with E-state index in [0.717, 1.165) is 16.5 Å². The number of aliphatic hydroxyl groups is 3. The van der Waals surface area contributed by atoms with Crippen LogP contribution in [-0.4, -0.2) is 57.4 Å². The molecule has 0 aliphatic carbocycles. The van der Waals surface area contributed by atoms with Crippen molar-refractivity contribution in [2.75, 3.05) is 6.61 Å². The number of aromatic hydroxyl groups is 1. The Labute approximate surface area is 184 Å². The zero-order chi connectivity index (χ0) is 22.8. The highest BCUT2D eigenvalue weighted by atomic mass is 16.7. The molecule has 4 N–H and O–H groups in total. The first-order valence-corrected chi connectivity index (χ1v) is 10.5. The second kappa shape index (κ2) is 9.30. The topological polar surface area (TPSA) is 130 Å². The summed E-state index contributed by atoms with van der Waals surface area (Å²) in [5, 5.41) is 40.9. The number of benzene rings is 2. The van der Waals surface area contributed by atoms with Crippen LogP contribution in [0.25, 0.3) is 11.0 Å². The maximum Gasteiger partial charge on any atom is 0.226 e. The number of phenols is 1. The standard InChI is InChI=1S/C24H26O8/c1-13-8-18(28)23(16(26)4-2-14-3-5-20-15(10-14)6-7-30-20)21(9-13)31-24-19(29)11-17(27)22(12-25)32-24/h3,5-10,17,19,22,24-25,27-29H,2,4,11-12H2,1H3. The first-order chi connectivity index (χ1) is 15.4. The van der Waals surface area contributed by atoms with Gasteiger partial charge in [0.1, 0.15) is 34.9 Å². The number of carbonyl (C=O) groups is 1. The highest BCUT2D eigenvalue weighted by Gasteiger charge is 2.38. The zero-order valence-corrected chi connectivity index (χ0v) is 17.6. The molecule has 0 radical (unpaired) electrons. The van der Waals surface area contributed by atoms with Crippen LogP contribution in [0.4, 0.5) is 0 Å². The lowest BCUT2D eigenvalue weighted by molar-refractivity contribution is -0.240. The van der Waals surface area contributed by atoms with E-state index >= 15 is 0 Å². The smallest absolute Gasteiger partial charge is 0.226 e. The van der Waals surface area contributed by atoms with Gasteiger partial charge < -0.3 is 34.3 Å². The van der Waals surface area contributed by atoms with E-state index in [1.807, 2.05) is 24.3 Å². The highest BCUT2D eigenvalue weighted by molar-refractivity contribution is 6.01. The van der Waals surface area contributed by atoms with Gasteiger partial charge in [-0.3, -0.25) is 4.79 Å². The Kier molecular flexibility index (Phi) is 6.48. The first kappa shape index (κ1) is 22.3. The maximum absolute atomic E-state index is 13.0. The minimum Gasteiger partial charge on any atom is -0.507 e. The second-order valence-corrected chi connectivity index (χ2v) is 8.09. The van der Waals surface area contributed by atoms with Gasteiger partial charge >= 0.3 is 0 Å². The Morgan fingerprint density at radius 2 is 1.97 bits per heavy atom. The number of aliphatic hydroxyl groups excluding tert-OH is 3. The lowest BCUT2D eigenvalue weighted by atomic mass is 9.99. The maximum atomic E-state index is 13.0. The monoisotopic (exact) mass is 442 g/mol. The number of hydrogen-bond donors (Lipinski definition) is 4. The Hall–Kier alpha value is -2.91. The van der Waals surface area contributed by atoms with Crippen LogP contribution in [-0.2, 0) is 11.2 Å². The van der Waals surface area contributed by atoms with Crippen LogP contribution in [0.2, 0.25) is 0 Å². The number of ketones is 1. The van der Waals surface area contributed by atoms with Gasteiger partial charge in [0, 0.05) is 18.2 Å². The lowest BCUT2D eigenvalue weighted by Gasteiger charge is -2.36. The second-order valence-electron chi connectivity index (χ2n) is 8.09. The number of Topliss-reactive ketones (excluding diaryl/α,β-unsaturated/α-hetero) is 1. The summed E-state index contributed by atoms with van der Waals surface area (Å²) < 4.78 is 16.6. The molecule has 1 aliphatic rings. The molecule has 1 fully saturated rings. The third kappa shape index (κ3) is 4.63. The van der Waals surface area contributed by atoms with Gasteiger partial charge in [-0.1, -0.05) is 6.07 Å². The number of phenolic OH excluding ortho intramolecular Hbond substituents is 1. The minimum atomic E-state index is -1.20. The summed E-state index contributed by atoms with van der Waals surface area (Å²) in [5.41, 5.74) is 2.38. The van der Waals surface area contributed by atoms with Gasteiger partial charge in [0.25, 0.3) is 0 Å². The average Bonchev–Trinajstić information content (AvgIpc) is 3.21. The van der Waals surface area contributed by atoms with Crippen molar-refractivity contribution in [1.82, 2.24) is 0 Å². The summed E-state index contributed by atoms with van der Waals surface area (Å²) >= 11 is 0. The first-order valence-electron chi connectivity index (χ1n) is 10.5. The Morgan fingerprint density at radius 3 is 2.75 bits per heavy atom. The van der Waals surface area contributed by atoms with Crippen LogP contribution < -0.4 is 4.74 Å². The normalized spacial score (nSPS) is 23.4. The minimum absolute atomic E-state index is 0.00228. The number of fused-ring (bicyclic) bond motifs is 1. The lowest BCUT2D eigenvalue weighted by Crippen LogP contribution is -2.51. The van der Waals surface area contributed by atoms with Crippen molar-refractivity contribution in [2.45, 2.75) is 50.8 Å². The summed E-state index contributed by atoms with van der Waals surface area (Å²) in [5.74, 6) is -0.469. The van der Waals surface area contributed by atoms with E-state index in [-0.39, 0.29) is 35.7 Å². The molecule has 3 aromatic rings. The molecular formula is C24H26O8. The van der Waals surface area contributed by atoms with Crippen molar-refractivity contribution in [3.8, 4) is 11.5 Å².